The van der Waals surface area contributed by atoms with Crippen molar-refractivity contribution >= 4 is 81.1 Å². The number of fused-ring (bicyclic) bond motifs is 6. The highest BCUT2D eigenvalue weighted by atomic mass is 32.1. The van der Waals surface area contributed by atoms with Crippen LogP contribution in [0.4, 0.5) is 0 Å². The lowest BCUT2D eigenvalue weighted by atomic mass is 9.97. The van der Waals surface area contributed by atoms with Crippen molar-refractivity contribution in [3.8, 4) is 22.3 Å². The molecule has 0 aliphatic carbocycles. The van der Waals surface area contributed by atoms with Gasteiger partial charge in [0.05, 0.1) is 11.4 Å². The van der Waals surface area contributed by atoms with Crippen molar-refractivity contribution in [1.29, 1.82) is 0 Å². The fraction of sp³-hybridized carbons (Fsp3) is 0.0244. The Labute approximate surface area is 270 Å². The molecule has 0 N–H and O–H groups in total. The fourth-order valence-corrected chi connectivity index (χ4v) is 8.74. The van der Waals surface area contributed by atoms with Gasteiger partial charge in [0.15, 0.2) is 0 Å². The van der Waals surface area contributed by atoms with E-state index >= 15 is 0 Å². The summed E-state index contributed by atoms with van der Waals surface area (Å²) in [4.78, 5) is 9.19. The second-order valence-corrected chi connectivity index (χ2v) is 13.1. The van der Waals surface area contributed by atoms with Gasteiger partial charge in [-0.2, -0.15) is 0 Å². The molecule has 0 fully saturated rings. The molecular weight excluding hydrogens is 585 g/mol. The summed E-state index contributed by atoms with van der Waals surface area (Å²) in [5.41, 5.74) is 8.50. The summed E-state index contributed by atoms with van der Waals surface area (Å²) in [6.07, 6.45) is 2.05. The van der Waals surface area contributed by atoms with Crippen LogP contribution in [0.2, 0.25) is 0 Å². The van der Waals surface area contributed by atoms with Gasteiger partial charge in [-0.3, -0.25) is 9.98 Å². The van der Waals surface area contributed by atoms with Crippen molar-refractivity contribution in [3.05, 3.63) is 151 Å². The minimum atomic E-state index is 0.790. The quantitative estimate of drug-likeness (QED) is 0.167. The molecule has 0 radical (unpaired) electrons. The fourth-order valence-electron chi connectivity index (χ4n) is 6.27. The van der Waals surface area contributed by atoms with Gasteiger partial charge < -0.3 is 0 Å². The predicted molar refractivity (Wildman–Crippen MR) is 200 cm³/mol. The molecule has 4 heteroatoms. The van der Waals surface area contributed by atoms with Gasteiger partial charge in [-0.15, -0.1) is 22.7 Å². The smallest absolute Gasteiger partial charge is 0.0716 e. The van der Waals surface area contributed by atoms with Gasteiger partial charge >= 0.3 is 0 Å². The Hall–Kier alpha value is -5.16. The molecule has 0 amide bonds. The highest BCUT2D eigenvalue weighted by Gasteiger charge is 2.14. The van der Waals surface area contributed by atoms with Crippen molar-refractivity contribution in [2.45, 2.75) is 0 Å². The Balaban J connectivity index is 1.18. The second-order valence-electron chi connectivity index (χ2n) is 11.0. The van der Waals surface area contributed by atoms with Crippen LogP contribution < -0.4 is 0 Å². The molecule has 2 nitrogen and oxygen atoms in total. The van der Waals surface area contributed by atoms with E-state index in [2.05, 4.69) is 145 Å². The number of hydrogen-bond acceptors (Lipinski definition) is 4. The average molecular weight is 613 g/mol. The van der Waals surface area contributed by atoms with Crippen molar-refractivity contribution in [2.75, 3.05) is 7.05 Å². The average Bonchev–Trinajstić information content (AvgIpc) is 3.68. The van der Waals surface area contributed by atoms with Gasteiger partial charge in [0.2, 0.25) is 0 Å². The van der Waals surface area contributed by atoms with Crippen LogP contribution in [-0.2, 0) is 0 Å². The monoisotopic (exact) mass is 612 g/mol. The number of hydrogen-bond donors (Lipinski definition) is 0. The van der Waals surface area contributed by atoms with E-state index < -0.39 is 0 Å². The molecule has 0 saturated carbocycles. The standard InChI is InChI=1S/C41H28N2S2/c1-42-36(28-13-7-11-26(23-28)30-17-9-19-34-32-15-3-5-21-38(32)44-40(30)34)25-37(43-2)29-14-8-12-27(24-29)31-18-10-20-35-33-16-4-6-22-39(33)45-41(31)35/h3-25H,1H2,2H3/b36-25-,43-37+. The summed E-state index contributed by atoms with van der Waals surface area (Å²) in [6, 6.07) is 47.7. The van der Waals surface area contributed by atoms with E-state index in [0.717, 1.165) is 28.1 Å². The van der Waals surface area contributed by atoms with Gasteiger partial charge in [0.25, 0.3) is 0 Å². The maximum Gasteiger partial charge on any atom is 0.0716 e. The first-order valence-electron chi connectivity index (χ1n) is 14.9. The first-order valence-corrected chi connectivity index (χ1v) is 16.5. The lowest BCUT2D eigenvalue weighted by Gasteiger charge is -2.10. The normalized spacial score (nSPS) is 12.5. The number of allylic oxidation sites excluding steroid dienone is 1. The molecule has 0 unspecified atom stereocenters. The molecule has 6 aromatic carbocycles. The van der Waals surface area contributed by atoms with Crippen LogP contribution in [0.5, 0.6) is 0 Å². The van der Waals surface area contributed by atoms with E-state index in [1.807, 2.05) is 35.8 Å². The zero-order valence-corrected chi connectivity index (χ0v) is 26.3. The zero-order valence-electron chi connectivity index (χ0n) is 24.7. The number of aliphatic imine (C=N–C) groups is 2. The van der Waals surface area contributed by atoms with Crippen LogP contribution in [0.25, 0.3) is 68.3 Å². The summed E-state index contributed by atoms with van der Waals surface area (Å²) in [7, 11) is 1.84. The Morgan fingerprint density at radius 1 is 0.556 bits per heavy atom. The van der Waals surface area contributed by atoms with E-state index in [4.69, 9.17) is 4.99 Å². The minimum Gasteiger partial charge on any atom is -0.288 e. The molecule has 8 aromatic rings. The Morgan fingerprint density at radius 3 is 1.60 bits per heavy atom. The third-order valence-corrected chi connectivity index (χ3v) is 10.9. The molecule has 2 heterocycles. The molecular formula is C41H28N2S2. The van der Waals surface area contributed by atoms with E-state index in [0.29, 0.717) is 0 Å². The summed E-state index contributed by atoms with van der Waals surface area (Å²) >= 11 is 3.70. The van der Waals surface area contributed by atoms with Crippen LogP contribution in [0.15, 0.2) is 150 Å². The first kappa shape index (κ1) is 27.4. The van der Waals surface area contributed by atoms with Gasteiger partial charge in [0, 0.05) is 58.5 Å². The van der Waals surface area contributed by atoms with E-state index in [1.165, 1.54) is 57.0 Å². The highest BCUT2D eigenvalue weighted by molar-refractivity contribution is 7.26. The van der Waals surface area contributed by atoms with Crippen LogP contribution in [0.1, 0.15) is 11.1 Å². The Bertz CT molecular complexity index is 2470. The van der Waals surface area contributed by atoms with E-state index in [1.54, 1.807) is 0 Å². The van der Waals surface area contributed by atoms with Gasteiger partial charge in [-0.1, -0.05) is 109 Å². The van der Waals surface area contributed by atoms with Gasteiger partial charge in [-0.25, -0.2) is 0 Å². The molecule has 0 aliphatic heterocycles. The molecule has 214 valence electrons. The second kappa shape index (κ2) is 11.4. The molecule has 0 bridgehead atoms. The highest BCUT2D eigenvalue weighted by Crippen LogP contribution is 2.41. The summed E-state index contributed by atoms with van der Waals surface area (Å²) in [5, 5.41) is 5.20. The van der Waals surface area contributed by atoms with Crippen LogP contribution in [0.3, 0.4) is 0 Å². The molecule has 0 spiro atoms. The van der Waals surface area contributed by atoms with Crippen LogP contribution in [0, 0.1) is 0 Å². The van der Waals surface area contributed by atoms with Crippen molar-refractivity contribution in [1.82, 2.24) is 0 Å². The maximum atomic E-state index is 4.71. The van der Waals surface area contributed by atoms with E-state index in [9.17, 15) is 0 Å². The molecule has 2 aromatic heterocycles. The van der Waals surface area contributed by atoms with Gasteiger partial charge in [-0.05, 0) is 59.3 Å². The molecule has 8 rings (SSSR count). The number of nitrogens with zero attached hydrogens (tertiary/aromatic N) is 2. The molecule has 45 heavy (non-hydrogen) atoms. The number of thiophene rings is 2. The molecule has 0 aliphatic rings. The first-order chi connectivity index (χ1) is 22.2. The molecule has 0 saturated heterocycles. The minimum absolute atomic E-state index is 0.790. The topological polar surface area (TPSA) is 24.7 Å². The lowest BCUT2D eigenvalue weighted by molar-refractivity contribution is 1.43. The third kappa shape index (κ3) is 4.80. The largest absolute Gasteiger partial charge is 0.288 e. The van der Waals surface area contributed by atoms with Crippen molar-refractivity contribution in [3.63, 3.8) is 0 Å². The van der Waals surface area contributed by atoms with Crippen molar-refractivity contribution < 1.29 is 0 Å². The zero-order chi connectivity index (χ0) is 30.3. The Kier molecular flexibility index (Phi) is 6.94. The SMILES string of the molecule is C=N/C(=C\C(=N/C)c1cccc(-c2cccc3c2sc2ccccc23)c1)c1cccc(-c2cccc3c2sc2ccccc23)c1. The van der Waals surface area contributed by atoms with Crippen LogP contribution in [-0.4, -0.2) is 19.5 Å². The number of benzene rings is 6. The van der Waals surface area contributed by atoms with Crippen molar-refractivity contribution in [2.24, 2.45) is 9.98 Å². The van der Waals surface area contributed by atoms with Crippen LogP contribution >= 0.6 is 22.7 Å². The van der Waals surface area contributed by atoms with E-state index in [-0.39, 0.29) is 0 Å². The maximum absolute atomic E-state index is 4.71. The number of rotatable bonds is 6. The third-order valence-electron chi connectivity index (χ3n) is 8.43. The summed E-state index contributed by atoms with van der Waals surface area (Å²) in [5.74, 6) is 0. The lowest BCUT2D eigenvalue weighted by Crippen LogP contribution is -1.99. The summed E-state index contributed by atoms with van der Waals surface area (Å²) in [6.45, 7) is 3.95. The summed E-state index contributed by atoms with van der Waals surface area (Å²) < 4.78 is 5.22. The molecule has 0 atom stereocenters. The van der Waals surface area contributed by atoms with Gasteiger partial charge in [0.1, 0.15) is 0 Å². The predicted octanol–water partition coefficient (Wildman–Crippen LogP) is 11.9. The Morgan fingerprint density at radius 2 is 1.04 bits per heavy atom.